The van der Waals surface area contributed by atoms with Gasteiger partial charge in [-0.15, -0.1) is 0 Å². The molecule has 0 aliphatic rings. The van der Waals surface area contributed by atoms with Crippen LogP contribution in [-0.4, -0.2) is 36.5 Å². The number of nitrogens with zero attached hydrogens (tertiary/aromatic N) is 2. The minimum absolute atomic E-state index is 0.0678. The smallest absolute Gasteiger partial charge is 0.255 e. The third-order valence-corrected chi connectivity index (χ3v) is 3.16. The summed E-state index contributed by atoms with van der Waals surface area (Å²) in [4.78, 5) is 18.3. The van der Waals surface area contributed by atoms with Crippen molar-refractivity contribution in [3.8, 4) is 17.0 Å². The van der Waals surface area contributed by atoms with E-state index in [1.54, 1.807) is 37.3 Å². The molecule has 1 amide bonds. The van der Waals surface area contributed by atoms with Crippen LogP contribution in [0.1, 0.15) is 24.2 Å². The Balaban J connectivity index is 2.46. The van der Waals surface area contributed by atoms with Gasteiger partial charge in [0.05, 0.1) is 17.9 Å². The van der Waals surface area contributed by atoms with Gasteiger partial charge in [-0.2, -0.15) is 0 Å². The number of benzene rings is 1. The van der Waals surface area contributed by atoms with Crippen LogP contribution < -0.4 is 4.74 Å². The number of carbonyl (C=O) groups excluding carboxylic acids is 1. The molecule has 0 saturated carbocycles. The molecule has 0 spiro atoms. The lowest BCUT2D eigenvalue weighted by Gasteiger charge is -2.16. The molecule has 0 radical (unpaired) electrons. The van der Waals surface area contributed by atoms with Crippen LogP contribution in [0.25, 0.3) is 11.3 Å². The van der Waals surface area contributed by atoms with E-state index in [9.17, 15) is 4.79 Å². The van der Waals surface area contributed by atoms with E-state index in [0.717, 1.165) is 11.3 Å². The maximum absolute atomic E-state index is 12.4. The Kier molecular flexibility index (Phi) is 5.15. The molecule has 0 aliphatic heterocycles. The molecule has 0 aliphatic carbocycles. The second-order valence-corrected chi connectivity index (χ2v) is 5.80. The summed E-state index contributed by atoms with van der Waals surface area (Å²) in [5, 5.41) is 0. The maximum atomic E-state index is 12.4. The van der Waals surface area contributed by atoms with Gasteiger partial charge in [-0.05, 0) is 30.2 Å². The first-order valence-corrected chi connectivity index (χ1v) is 7.39. The Hall–Kier alpha value is -2.36. The topological polar surface area (TPSA) is 42.4 Å². The lowest BCUT2D eigenvalue weighted by Crippen LogP contribution is -2.22. The van der Waals surface area contributed by atoms with Crippen molar-refractivity contribution < 1.29 is 9.53 Å². The van der Waals surface area contributed by atoms with Crippen molar-refractivity contribution in [2.45, 2.75) is 13.8 Å². The number of ether oxygens (including phenoxy) is 1. The van der Waals surface area contributed by atoms with Gasteiger partial charge in [-0.25, -0.2) is 0 Å². The Morgan fingerprint density at radius 1 is 1.18 bits per heavy atom. The van der Waals surface area contributed by atoms with Crippen LogP contribution in [0.15, 0.2) is 42.6 Å². The van der Waals surface area contributed by atoms with Crippen LogP contribution in [0.5, 0.6) is 5.75 Å². The van der Waals surface area contributed by atoms with Gasteiger partial charge in [-0.1, -0.05) is 26.0 Å². The Labute approximate surface area is 131 Å². The summed E-state index contributed by atoms with van der Waals surface area (Å²) in [6, 6.07) is 11.3. The molecule has 1 aromatic heterocycles. The molecule has 1 aromatic carbocycles. The first kappa shape index (κ1) is 16.0. The van der Waals surface area contributed by atoms with Crippen LogP contribution in [0.4, 0.5) is 0 Å². The monoisotopic (exact) mass is 298 g/mol. The van der Waals surface area contributed by atoms with Crippen LogP contribution in [0.3, 0.4) is 0 Å². The summed E-state index contributed by atoms with van der Waals surface area (Å²) in [6.07, 6.45) is 1.70. The fourth-order valence-electron chi connectivity index (χ4n) is 2.08. The summed E-state index contributed by atoms with van der Waals surface area (Å²) in [6.45, 7) is 4.83. The molecule has 4 heteroatoms. The highest BCUT2D eigenvalue weighted by molar-refractivity contribution is 6.00. The predicted molar refractivity (Wildman–Crippen MR) is 88.0 cm³/mol. The molecule has 0 fully saturated rings. The minimum atomic E-state index is -0.0678. The van der Waals surface area contributed by atoms with Gasteiger partial charge in [0.25, 0.3) is 5.91 Å². The van der Waals surface area contributed by atoms with Crippen LogP contribution in [0, 0.1) is 5.92 Å². The molecule has 0 saturated heterocycles. The van der Waals surface area contributed by atoms with Gasteiger partial charge in [0.1, 0.15) is 5.75 Å². The van der Waals surface area contributed by atoms with Crippen molar-refractivity contribution >= 4 is 5.91 Å². The van der Waals surface area contributed by atoms with Crippen molar-refractivity contribution in [2.75, 3.05) is 20.7 Å². The lowest BCUT2D eigenvalue weighted by molar-refractivity contribution is 0.0828. The summed E-state index contributed by atoms with van der Waals surface area (Å²) >= 11 is 0. The van der Waals surface area contributed by atoms with Gasteiger partial charge in [0, 0.05) is 25.9 Å². The van der Waals surface area contributed by atoms with Gasteiger partial charge in [-0.3, -0.25) is 9.78 Å². The number of hydrogen-bond donors (Lipinski definition) is 0. The molecular formula is C18H22N2O2. The quantitative estimate of drug-likeness (QED) is 0.848. The summed E-state index contributed by atoms with van der Waals surface area (Å²) in [5.41, 5.74) is 2.07. The first-order valence-electron chi connectivity index (χ1n) is 7.39. The van der Waals surface area contributed by atoms with E-state index in [-0.39, 0.29) is 5.91 Å². The van der Waals surface area contributed by atoms with Crippen LogP contribution in [0.2, 0.25) is 0 Å². The number of amides is 1. The standard InChI is InChI=1S/C18H22N2O2/c1-13(2)12-22-16-10-6-5-8-14(16)17-15(9-7-11-19-17)18(21)20(3)4/h5-11,13H,12H2,1-4H3. The van der Waals surface area contributed by atoms with E-state index in [0.29, 0.717) is 23.8 Å². The fourth-order valence-corrected chi connectivity index (χ4v) is 2.08. The Morgan fingerprint density at radius 2 is 1.91 bits per heavy atom. The van der Waals surface area contributed by atoms with Crippen molar-refractivity contribution in [2.24, 2.45) is 5.92 Å². The Morgan fingerprint density at radius 3 is 2.59 bits per heavy atom. The van der Waals surface area contributed by atoms with Gasteiger partial charge < -0.3 is 9.64 Å². The van der Waals surface area contributed by atoms with Crippen LogP contribution >= 0.6 is 0 Å². The fraction of sp³-hybridized carbons (Fsp3) is 0.333. The number of aromatic nitrogens is 1. The number of carbonyl (C=O) groups is 1. The zero-order valence-electron chi connectivity index (χ0n) is 13.5. The van der Waals surface area contributed by atoms with Crippen molar-refractivity contribution in [1.82, 2.24) is 9.88 Å². The van der Waals surface area contributed by atoms with E-state index in [4.69, 9.17) is 4.74 Å². The largest absolute Gasteiger partial charge is 0.493 e. The lowest BCUT2D eigenvalue weighted by atomic mass is 10.0. The molecule has 0 atom stereocenters. The highest BCUT2D eigenvalue weighted by Gasteiger charge is 2.18. The molecule has 0 unspecified atom stereocenters. The van der Waals surface area contributed by atoms with Gasteiger partial charge in [0.15, 0.2) is 0 Å². The van der Waals surface area contributed by atoms with Crippen LogP contribution in [-0.2, 0) is 0 Å². The predicted octanol–water partition coefficient (Wildman–Crippen LogP) is 3.49. The van der Waals surface area contributed by atoms with Gasteiger partial charge in [0.2, 0.25) is 0 Å². The average molecular weight is 298 g/mol. The summed E-state index contributed by atoms with van der Waals surface area (Å²) < 4.78 is 5.88. The van der Waals surface area contributed by atoms with Crippen molar-refractivity contribution in [3.05, 3.63) is 48.2 Å². The maximum Gasteiger partial charge on any atom is 0.255 e. The van der Waals surface area contributed by atoms with E-state index in [1.165, 1.54) is 0 Å². The molecule has 1 heterocycles. The van der Waals surface area contributed by atoms with Crippen molar-refractivity contribution in [1.29, 1.82) is 0 Å². The highest BCUT2D eigenvalue weighted by Crippen LogP contribution is 2.31. The third kappa shape index (κ3) is 3.64. The molecule has 116 valence electrons. The number of para-hydroxylation sites is 1. The normalized spacial score (nSPS) is 10.6. The zero-order valence-corrected chi connectivity index (χ0v) is 13.5. The first-order chi connectivity index (χ1) is 10.5. The number of rotatable bonds is 5. The third-order valence-electron chi connectivity index (χ3n) is 3.16. The molecule has 0 N–H and O–H groups in total. The molecule has 22 heavy (non-hydrogen) atoms. The minimum Gasteiger partial charge on any atom is -0.493 e. The number of hydrogen-bond acceptors (Lipinski definition) is 3. The average Bonchev–Trinajstić information content (AvgIpc) is 2.52. The summed E-state index contributed by atoms with van der Waals surface area (Å²) in [7, 11) is 3.47. The van der Waals surface area contributed by atoms with E-state index in [1.807, 2.05) is 24.3 Å². The molecule has 4 nitrogen and oxygen atoms in total. The number of pyridine rings is 1. The Bertz CT molecular complexity index is 651. The van der Waals surface area contributed by atoms with Crippen molar-refractivity contribution in [3.63, 3.8) is 0 Å². The molecule has 2 aromatic rings. The second kappa shape index (κ2) is 7.07. The van der Waals surface area contributed by atoms with E-state index >= 15 is 0 Å². The van der Waals surface area contributed by atoms with E-state index in [2.05, 4.69) is 18.8 Å². The van der Waals surface area contributed by atoms with Gasteiger partial charge >= 0.3 is 0 Å². The highest BCUT2D eigenvalue weighted by atomic mass is 16.5. The van der Waals surface area contributed by atoms with E-state index < -0.39 is 0 Å². The molecule has 0 bridgehead atoms. The molecular weight excluding hydrogens is 276 g/mol. The zero-order chi connectivity index (χ0) is 16.1. The summed E-state index contributed by atoms with van der Waals surface area (Å²) in [5.74, 6) is 1.11. The SMILES string of the molecule is CC(C)COc1ccccc1-c1ncccc1C(=O)N(C)C. The molecule has 2 rings (SSSR count). The second-order valence-electron chi connectivity index (χ2n) is 5.80.